The van der Waals surface area contributed by atoms with Crippen LogP contribution in [0.3, 0.4) is 0 Å². The lowest BCUT2D eigenvalue weighted by Gasteiger charge is -2.20. The molecule has 0 spiro atoms. The van der Waals surface area contributed by atoms with Crippen molar-refractivity contribution < 1.29 is 4.79 Å². The van der Waals surface area contributed by atoms with Gasteiger partial charge in [-0.1, -0.05) is 47.2 Å². The van der Waals surface area contributed by atoms with Gasteiger partial charge in [0.2, 0.25) is 5.91 Å². The van der Waals surface area contributed by atoms with E-state index in [1.807, 2.05) is 48.5 Å². The largest absolute Gasteiger partial charge is 0.284 e. The van der Waals surface area contributed by atoms with Crippen LogP contribution in [-0.4, -0.2) is 21.6 Å². The summed E-state index contributed by atoms with van der Waals surface area (Å²) in [5.74, 6) is 0.755. The molecule has 0 bridgehead atoms. The van der Waals surface area contributed by atoms with Crippen LogP contribution in [0.5, 0.6) is 0 Å². The SMILES string of the molecule is O=C(CCSc1ccccc1)N(Cc1cccnc1)c1nc2ccc(Cl)cc2s1. The molecule has 0 unspecified atom stereocenters. The third-order valence-corrected chi connectivity index (χ3v) is 6.55. The van der Waals surface area contributed by atoms with Crippen LogP contribution < -0.4 is 4.90 Å². The van der Waals surface area contributed by atoms with Crippen molar-refractivity contribution in [1.82, 2.24) is 9.97 Å². The molecule has 0 aliphatic rings. The Balaban J connectivity index is 1.54. The van der Waals surface area contributed by atoms with Crippen molar-refractivity contribution in [3.05, 3.63) is 83.6 Å². The van der Waals surface area contributed by atoms with E-state index in [2.05, 4.69) is 22.1 Å². The number of pyridine rings is 1. The number of fused-ring (bicyclic) bond motifs is 1. The van der Waals surface area contributed by atoms with Crippen LogP contribution in [-0.2, 0) is 11.3 Å². The van der Waals surface area contributed by atoms with Gasteiger partial charge < -0.3 is 0 Å². The predicted molar refractivity (Wildman–Crippen MR) is 122 cm³/mol. The molecule has 0 saturated heterocycles. The Hall–Kier alpha value is -2.41. The summed E-state index contributed by atoms with van der Waals surface area (Å²) in [6.45, 7) is 0.441. The molecule has 0 aliphatic carbocycles. The molecular formula is C22H18ClN3OS2. The number of anilines is 1. The molecule has 0 saturated carbocycles. The van der Waals surface area contributed by atoms with Crippen LogP contribution >= 0.6 is 34.7 Å². The standard InChI is InChI=1S/C22H18ClN3OS2/c23-17-8-9-19-20(13-17)29-22(25-19)26(15-16-5-4-11-24-14-16)21(27)10-12-28-18-6-2-1-3-7-18/h1-9,11,13-14H,10,12,15H2. The van der Waals surface area contributed by atoms with Gasteiger partial charge in [-0.3, -0.25) is 14.7 Å². The first-order chi connectivity index (χ1) is 14.2. The Bertz CT molecular complexity index is 1100. The van der Waals surface area contributed by atoms with Gasteiger partial charge in [0.25, 0.3) is 0 Å². The number of aromatic nitrogens is 2. The van der Waals surface area contributed by atoms with Gasteiger partial charge in [0, 0.05) is 34.5 Å². The van der Waals surface area contributed by atoms with E-state index in [0.717, 1.165) is 20.7 Å². The van der Waals surface area contributed by atoms with Gasteiger partial charge in [0.15, 0.2) is 5.13 Å². The maximum absolute atomic E-state index is 13.1. The summed E-state index contributed by atoms with van der Waals surface area (Å²) in [5, 5.41) is 1.35. The topological polar surface area (TPSA) is 46.1 Å². The van der Waals surface area contributed by atoms with Crippen molar-refractivity contribution in [2.45, 2.75) is 17.9 Å². The molecule has 0 fully saturated rings. The minimum atomic E-state index is 0.0439. The highest BCUT2D eigenvalue weighted by atomic mass is 35.5. The number of thioether (sulfide) groups is 1. The maximum Gasteiger partial charge on any atom is 0.229 e. The Kier molecular flexibility index (Phi) is 6.44. The number of hydrogen-bond donors (Lipinski definition) is 0. The second-order valence-corrected chi connectivity index (χ2v) is 8.98. The normalized spacial score (nSPS) is 10.9. The van der Waals surface area contributed by atoms with E-state index in [9.17, 15) is 4.79 Å². The van der Waals surface area contributed by atoms with E-state index in [4.69, 9.17) is 11.6 Å². The fourth-order valence-corrected chi connectivity index (χ4v) is 4.97. The summed E-state index contributed by atoms with van der Waals surface area (Å²) in [6, 6.07) is 19.5. The molecule has 0 atom stereocenters. The zero-order valence-corrected chi connectivity index (χ0v) is 17.9. The number of thiazole rings is 1. The van der Waals surface area contributed by atoms with E-state index >= 15 is 0 Å². The number of halogens is 1. The summed E-state index contributed by atoms with van der Waals surface area (Å²) >= 11 is 9.27. The molecule has 2 aromatic carbocycles. The minimum Gasteiger partial charge on any atom is -0.284 e. The van der Waals surface area contributed by atoms with Crippen LogP contribution in [0.1, 0.15) is 12.0 Å². The molecule has 2 aromatic heterocycles. The summed E-state index contributed by atoms with van der Waals surface area (Å²) in [5.41, 5.74) is 1.81. The van der Waals surface area contributed by atoms with E-state index in [1.165, 1.54) is 11.3 Å². The van der Waals surface area contributed by atoms with Crippen molar-refractivity contribution in [3.63, 3.8) is 0 Å². The molecule has 4 nitrogen and oxygen atoms in total. The number of nitrogens with zero attached hydrogens (tertiary/aromatic N) is 3. The highest BCUT2D eigenvalue weighted by molar-refractivity contribution is 7.99. The molecule has 2 heterocycles. The van der Waals surface area contributed by atoms with Crippen LogP contribution in [0.4, 0.5) is 5.13 Å². The molecule has 0 radical (unpaired) electrons. The number of amides is 1. The average molecular weight is 440 g/mol. The van der Waals surface area contributed by atoms with Crippen LogP contribution in [0, 0.1) is 0 Å². The van der Waals surface area contributed by atoms with Gasteiger partial charge in [-0.25, -0.2) is 4.98 Å². The highest BCUT2D eigenvalue weighted by Crippen LogP contribution is 2.32. The lowest BCUT2D eigenvalue weighted by atomic mass is 10.2. The summed E-state index contributed by atoms with van der Waals surface area (Å²) in [6.07, 6.45) is 3.94. The first-order valence-corrected chi connectivity index (χ1v) is 11.3. The van der Waals surface area contributed by atoms with Crippen molar-refractivity contribution in [3.8, 4) is 0 Å². The van der Waals surface area contributed by atoms with Gasteiger partial charge in [0.1, 0.15) is 0 Å². The van der Waals surface area contributed by atoms with Gasteiger partial charge in [0.05, 0.1) is 16.8 Å². The average Bonchev–Trinajstić information content (AvgIpc) is 3.16. The van der Waals surface area contributed by atoms with E-state index in [0.29, 0.717) is 28.9 Å². The zero-order chi connectivity index (χ0) is 20.1. The van der Waals surface area contributed by atoms with Crippen LogP contribution in [0.15, 0.2) is 78.0 Å². The fraction of sp³-hybridized carbons (Fsp3) is 0.136. The summed E-state index contributed by atoms with van der Waals surface area (Å²) in [7, 11) is 0. The highest BCUT2D eigenvalue weighted by Gasteiger charge is 2.20. The van der Waals surface area contributed by atoms with Crippen molar-refractivity contribution in [2.24, 2.45) is 0 Å². The third kappa shape index (κ3) is 5.15. The lowest BCUT2D eigenvalue weighted by Crippen LogP contribution is -2.30. The van der Waals surface area contributed by atoms with Gasteiger partial charge in [-0.05, 0) is 42.0 Å². The van der Waals surface area contributed by atoms with Crippen molar-refractivity contribution in [1.29, 1.82) is 0 Å². The van der Waals surface area contributed by atoms with Gasteiger partial charge >= 0.3 is 0 Å². The summed E-state index contributed by atoms with van der Waals surface area (Å²) in [4.78, 5) is 24.9. The molecular weight excluding hydrogens is 422 g/mol. The molecule has 29 heavy (non-hydrogen) atoms. The lowest BCUT2D eigenvalue weighted by molar-refractivity contribution is -0.118. The molecule has 4 rings (SSSR count). The second kappa shape index (κ2) is 9.39. The number of rotatable bonds is 7. The Morgan fingerprint density at radius 3 is 2.76 bits per heavy atom. The summed E-state index contributed by atoms with van der Waals surface area (Å²) < 4.78 is 0.968. The first kappa shape index (κ1) is 19.9. The van der Waals surface area contributed by atoms with Crippen molar-refractivity contribution in [2.75, 3.05) is 10.7 Å². The van der Waals surface area contributed by atoms with Gasteiger partial charge in [-0.15, -0.1) is 11.8 Å². The molecule has 0 N–H and O–H groups in total. The maximum atomic E-state index is 13.1. The third-order valence-electron chi connectivity index (χ3n) is 4.26. The van der Waals surface area contributed by atoms with E-state index in [-0.39, 0.29) is 5.91 Å². The minimum absolute atomic E-state index is 0.0439. The van der Waals surface area contributed by atoms with E-state index < -0.39 is 0 Å². The monoisotopic (exact) mass is 439 g/mol. The molecule has 0 aliphatic heterocycles. The quantitative estimate of drug-likeness (QED) is 0.328. The second-order valence-electron chi connectivity index (χ2n) is 6.36. The molecule has 1 amide bonds. The zero-order valence-electron chi connectivity index (χ0n) is 15.5. The fourth-order valence-electron chi connectivity index (χ4n) is 2.85. The van der Waals surface area contributed by atoms with Crippen molar-refractivity contribution >= 4 is 56.0 Å². The molecule has 7 heteroatoms. The predicted octanol–water partition coefficient (Wildman–Crippen LogP) is 6.06. The van der Waals surface area contributed by atoms with Gasteiger partial charge in [-0.2, -0.15) is 0 Å². The Labute approximate surface area is 182 Å². The Morgan fingerprint density at radius 2 is 1.97 bits per heavy atom. The molecule has 4 aromatic rings. The van der Waals surface area contributed by atoms with E-state index in [1.54, 1.807) is 29.1 Å². The van der Waals surface area contributed by atoms with Crippen LogP contribution in [0.25, 0.3) is 10.2 Å². The molecule has 146 valence electrons. The first-order valence-electron chi connectivity index (χ1n) is 9.12. The van der Waals surface area contributed by atoms with Crippen LogP contribution in [0.2, 0.25) is 5.02 Å². The smallest absolute Gasteiger partial charge is 0.229 e. The Morgan fingerprint density at radius 1 is 1.10 bits per heavy atom. The number of carbonyl (C=O) groups excluding carboxylic acids is 1. The number of carbonyl (C=O) groups is 1. The number of benzene rings is 2. The number of hydrogen-bond acceptors (Lipinski definition) is 5.